The van der Waals surface area contributed by atoms with Gasteiger partial charge < -0.3 is 5.32 Å². The second-order valence-electron chi connectivity index (χ2n) is 5.39. The van der Waals surface area contributed by atoms with Crippen molar-refractivity contribution in [3.8, 4) is 0 Å². The van der Waals surface area contributed by atoms with E-state index in [0.717, 1.165) is 18.5 Å². The summed E-state index contributed by atoms with van der Waals surface area (Å²) in [5.74, 6) is -0.450. The Morgan fingerprint density at radius 3 is 2.57 bits per heavy atom. The molecule has 0 spiro atoms. The van der Waals surface area contributed by atoms with Gasteiger partial charge in [-0.25, -0.2) is 8.78 Å². The molecule has 2 atom stereocenters. The molecule has 1 nitrogen and oxygen atoms in total. The van der Waals surface area contributed by atoms with E-state index in [-0.39, 0.29) is 23.5 Å². The zero-order chi connectivity index (χ0) is 14.8. The van der Waals surface area contributed by atoms with Crippen molar-refractivity contribution < 1.29 is 8.78 Å². The van der Waals surface area contributed by atoms with Crippen molar-refractivity contribution >= 4 is 11.6 Å². The Balaban J connectivity index is 2.00. The molecule has 0 radical (unpaired) electrons. The number of hydrogen-bond donors (Lipinski definition) is 1. The molecule has 1 aliphatic heterocycles. The maximum atomic E-state index is 14.1. The van der Waals surface area contributed by atoms with Gasteiger partial charge in [-0.1, -0.05) is 35.9 Å². The van der Waals surface area contributed by atoms with Crippen molar-refractivity contribution in [2.24, 2.45) is 0 Å². The van der Waals surface area contributed by atoms with Crippen LogP contribution in [0.1, 0.15) is 29.4 Å². The third-order valence-corrected chi connectivity index (χ3v) is 4.48. The van der Waals surface area contributed by atoms with E-state index in [1.165, 1.54) is 18.2 Å². The van der Waals surface area contributed by atoms with E-state index >= 15 is 0 Å². The first-order valence-electron chi connectivity index (χ1n) is 7.07. The first-order valence-corrected chi connectivity index (χ1v) is 7.44. The minimum Gasteiger partial charge on any atom is -0.316 e. The van der Waals surface area contributed by atoms with E-state index in [1.54, 1.807) is 12.1 Å². The highest BCUT2D eigenvalue weighted by Gasteiger charge is 2.30. The monoisotopic (exact) mass is 307 g/mol. The molecule has 2 aromatic carbocycles. The van der Waals surface area contributed by atoms with Gasteiger partial charge in [-0.05, 0) is 48.2 Å². The Bertz CT molecular complexity index is 644. The van der Waals surface area contributed by atoms with Crippen LogP contribution in [0.15, 0.2) is 42.5 Å². The molecule has 0 aromatic heterocycles. The molecule has 1 aliphatic rings. The van der Waals surface area contributed by atoms with Crippen LogP contribution in [0.2, 0.25) is 5.02 Å². The van der Waals surface area contributed by atoms with Crippen LogP contribution in [0, 0.1) is 11.6 Å². The van der Waals surface area contributed by atoms with E-state index in [0.29, 0.717) is 17.1 Å². The highest BCUT2D eigenvalue weighted by Crippen LogP contribution is 2.40. The minimum atomic E-state index is -0.347. The Hall–Kier alpha value is -1.45. The summed E-state index contributed by atoms with van der Waals surface area (Å²) in [6, 6.07) is 11.3. The van der Waals surface area contributed by atoms with Crippen LogP contribution in [0.25, 0.3) is 0 Å². The number of hydrogen-bond acceptors (Lipinski definition) is 1. The largest absolute Gasteiger partial charge is 0.316 e. The lowest BCUT2D eigenvalue weighted by Gasteiger charge is -2.33. The van der Waals surface area contributed by atoms with Crippen LogP contribution in [0.4, 0.5) is 8.78 Å². The van der Waals surface area contributed by atoms with Crippen LogP contribution >= 0.6 is 11.6 Å². The molecule has 0 bridgehead atoms. The van der Waals surface area contributed by atoms with Crippen LogP contribution in [0.5, 0.6) is 0 Å². The second-order valence-corrected chi connectivity index (χ2v) is 5.80. The number of benzene rings is 2. The standard InChI is InChI=1S/C17H16ClF2N/c18-16-9-11(19)5-6-13(16)12-7-8-21-10-15(12)14-3-1-2-4-17(14)20/h1-6,9,12,15,21H,7-8,10H2. The molecule has 1 saturated heterocycles. The van der Waals surface area contributed by atoms with Gasteiger partial charge >= 0.3 is 0 Å². The molecular weight excluding hydrogens is 292 g/mol. The predicted octanol–water partition coefficient (Wildman–Crippen LogP) is 4.48. The average molecular weight is 308 g/mol. The Morgan fingerprint density at radius 2 is 1.81 bits per heavy atom. The lowest BCUT2D eigenvalue weighted by molar-refractivity contribution is 0.393. The molecule has 21 heavy (non-hydrogen) atoms. The Morgan fingerprint density at radius 1 is 1.00 bits per heavy atom. The molecule has 110 valence electrons. The molecule has 0 aliphatic carbocycles. The maximum absolute atomic E-state index is 14.1. The van der Waals surface area contributed by atoms with Gasteiger partial charge in [-0.2, -0.15) is 0 Å². The first-order chi connectivity index (χ1) is 10.2. The molecular formula is C17H16ClF2N. The van der Waals surface area contributed by atoms with Crippen LogP contribution in [-0.2, 0) is 0 Å². The fraction of sp³-hybridized carbons (Fsp3) is 0.294. The molecule has 0 saturated carbocycles. The summed E-state index contributed by atoms with van der Waals surface area (Å²) in [5.41, 5.74) is 1.59. The van der Waals surface area contributed by atoms with Crippen molar-refractivity contribution in [2.45, 2.75) is 18.3 Å². The fourth-order valence-corrected chi connectivity index (χ4v) is 3.44. The summed E-state index contributed by atoms with van der Waals surface area (Å²) in [4.78, 5) is 0. The molecule has 4 heteroatoms. The SMILES string of the molecule is Fc1ccc(C2CCNCC2c2ccccc2F)c(Cl)c1. The summed E-state index contributed by atoms with van der Waals surface area (Å²) in [6.07, 6.45) is 0.852. The van der Waals surface area contributed by atoms with Crippen molar-refractivity contribution in [3.05, 3.63) is 70.2 Å². The zero-order valence-electron chi connectivity index (χ0n) is 11.5. The molecule has 2 unspecified atom stereocenters. The summed E-state index contributed by atoms with van der Waals surface area (Å²) in [7, 11) is 0. The van der Waals surface area contributed by atoms with Crippen molar-refractivity contribution in [2.75, 3.05) is 13.1 Å². The van der Waals surface area contributed by atoms with Gasteiger partial charge in [0, 0.05) is 17.5 Å². The fourth-order valence-electron chi connectivity index (χ4n) is 3.14. The van der Waals surface area contributed by atoms with Gasteiger partial charge in [0.1, 0.15) is 11.6 Å². The maximum Gasteiger partial charge on any atom is 0.126 e. The molecule has 1 fully saturated rings. The van der Waals surface area contributed by atoms with Gasteiger partial charge in [0.15, 0.2) is 0 Å². The second kappa shape index (κ2) is 6.12. The van der Waals surface area contributed by atoms with Gasteiger partial charge in [0.2, 0.25) is 0 Å². The number of rotatable bonds is 2. The predicted molar refractivity (Wildman–Crippen MR) is 80.8 cm³/mol. The van der Waals surface area contributed by atoms with E-state index in [4.69, 9.17) is 11.6 Å². The lowest BCUT2D eigenvalue weighted by atomic mass is 9.77. The Labute approximate surface area is 127 Å². The topological polar surface area (TPSA) is 12.0 Å². The van der Waals surface area contributed by atoms with E-state index in [9.17, 15) is 8.78 Å². The average Bonchev–Trinajstić information content (AvgIpc) is 2.48. The highest BCUT2D eigenvalue weighted by molar-refractivity contribution is 6.31. The zero-order valence-corrected chi connectivity index (χ0v) is 12.2. The van der Waals surface area contributed by atoms with Crippen molar-refractivity contribution in [3.63, 3.8) is 0 Å². The third kappa shape index (κ3) is 2.94. The van der Waals surface area contributed by atoms with Crippen LogP contribution in [-0.4, -0.2) is 13.1 Å². The van der Waals surface area contributed by atoms with Gasteiger partial charge in [-0.3, -0.25) is 0 Å². The number of halogens is 3. The first kappa shape index (κ1) is 14.5. The van der Waals surface area contributed by atoms with Crippen molar-refractivity contribution in [1.82, 2.24) is 5.32 Å². The molecule has 3 rings (SSSR count). The molecule has 0 amide bonds. The molecule has 2 aromatic rings. The summed E-state index contributed by atoms with van der Waals surface area (Å²) >= 11 is 6.20. The molecule has 1 N–H and O–H groups in total. The smallest absolute Gasteiger partial charge is 0.126 e. The van der Waals surface area contributed by atoms with Gasteiger partial charge in [-0.15, -0.1) is 0 Å². The Kier molecular flexibility index (Phi) is 4.22. The van der Waals surface area contributed by atoms with Crippen LogP contribution in [0.3, 0.4) is 0 Å². The minimum absolute atomic E-state index is 0.00270. The highest BCUT2D eigenvalue weighted by atomic mass is 35.5. The third-order valence-electron chi connectivity index (χ3n) is 4.15. The van der Waals surface area contributed by atoms with E-state index in [2.05, 4.69) is 5.32 Å². The summed E-state index contributed by atoms with van der Waals surface area (Å²) in [6.45, 7) is 1.54. The number of nitrogens with one attached hydrogen (secondary N) is 1. The van der Waals surface area contributed by atoms with E-state index < -0.39 is 0 Å². The van der Waals surface area contributed by atoms with Crippen molar-refractivity contribution in [1.29, 1.82) is 0 Å². The summed E-state index contributed by atoms with van der Waals surface area (Å²) in [5, 5.41) is 3.73. The quantitative estimate of drug-likeness (QED) is 0.862. The lowest BCUT2D eigenvalue weighted by Crippen LogP contribution is -2.34. The normalized spacial score (nSPS) is 22.2. The van der Waals surface area contributed by atoms with Crippen LogP contribution < -0.4 is 5.32 Å². The van der Waals surface area contributed by atoms with Gasteiger partial charge in [0.25, 0.3) is 0 Å². The van der Waals surface area contributed by atoms with Gasteiger partial charge in [0.05, 0.1) is 0 Å². The summed E-state index contributed by atoms with van der Waals surface area (Å²) < 4.78 is 27.3. The molecule has 1 heterocycles. The van der Waals surface area contributed by atoms with E-state index in [1.807, 2.05) is 12.1 Å². The number of piperidine rings is 1.